The van der Waals surface area contributed by atoms with Gasteiger partial charge in [-0.3, -0.25) is 0 Å². The maximum absolute atomic E-state index is 11.9. The monoisotopic (exact) mass is 358 g/mol. The van der Waals surface area contributed by atoms with Gasteiger partial charge in [-0.1, -0.05) is 54.6 Å². The Hall–Kier alpha value is -3.33. The van der Waals surface area contributed by atoms with E-state index in [2.05, 4.69) is 18.2 Å². The number of hydrogen-bond donors (Lipinski definition) is 0. The van der Waals surface area contributed by atoms with Crippen molar-refractivity contribution in [2.75, 3.05) is 13.7 Å². The molecule has 3 rings (SSSR count). The van der Waals surface area contributed by atoms with Gasteiger partial charge in [-0.05, 0) is 59.5 Å². The van der Waals surface area contributed by atoms with Crippen LogP contribution in [0.3, 0.4) is 0 Å². The van der Waals surface area contributed by atoms with Gasteiger partial charge in [0.05, 0.1) is 19.3 Å². The van der Waals surface area contributed by atoms with E-state index < -0.39 is 0 Å². The first kappa shape index (κ1) is 18.5. The van der Waals surface area contributed by atoms with E-state index in [1.165, 1.54) is 0 Å². The van der Waals surface area contributed by atoms with Crippen LogP contribution in [-0.4, -0.2) is 19.7 Å². The molecule has 0 unspecified atom stereocenters. The van der Waals surface area contributed by atoms with Gasteiger partial charge in [0.2, 0.25) is 0 Å². The summed E-state index contributed by atoms with van der Waals surface area (Å²) in [4.78, 5) is 11.9. The van der Waals surface area contributed by atoms with Crippen molar-refractivity contribution in [1.82, 2.24) is 0 Å². The van der Waals surface area contributed by atoms with Gasteiger partial charge in [0, 0.05) is 0 Å². The molecule has 3 aromatic rings. The fourth-order valence-corrected chi connectivity index (χ4v) is 2.82. The Kier molecular flexibility index (Phi) is 6.06. The maximum atomic E-state index is 11.9. The topological polar surface area (TPSA) is 35.5 Å². The van der Waals surface area contributed by atoms with Crippen molar-refractivity contribution in [2.24, 2.45) is 0 Å². The van der Waals surface area contributed by atoms with Gasteiger partial charge in [0.25, 0.3) is 0 Å². The fourth-order valence-electron chi connectivity index (χ4n) is 2.82. The first-order chi connectivity index (χ1) is 13.2. The van der Waals surface area contributed by atoms with Gasteiger partial charge < -0.3 is 9.47 Å². The fraction of sp³-hybridized carbons (Fsp3) is 0.125. The molecule has 3 nitrogen and oxygen atoms in total. The molecule has 0 heterocycles. The van der Waals surface area contributed by atoms with E-state index in [9.17, 15) is 4.79 Å². The zero-order valence-corrected chi connectivity index (χ0v) is 15.5. The van der Waals surface area contributed by atoms with Gasteiger partial charge in [-0.25, -0.2) is 4.79 Å². The number of carbonyl (C=O) groups excluding carboxylic acids is 1. The molecule has 0 saturated carbocycles. The highest BCUT2D eigenvalue weighted by molar-refractivity contribution is 5.93. The molecule has 0 saturated heterocycles. The van der Waals surface area contributed by atoms with Crippen molar-refractivity contribution in [1.29, 1.82) is 0 Å². The van der Waals surface area contributed by atoms with E-state index in [1.807, 2.05) is 54.6 Å². The minimum Gasteiger partial charge on any atom is -0.497 e. The lowest BCUT2D eigenvalue weighted by molar-refractivity contribution is 0.0526. The summed E-state index contributed by atoms with van der Waals surface area (Å²) in [7, 11) is 1.66. The van der Waals surface area contributed by atoms with E-state index in [4.69, 9.17) is 9.47 Å². The summed E-state index contributed by atoms with van der Waals surface area (Å²) in [6.45, 7) is 2.17. The van der Waals surface area contributed by atoms with Crippen LogP contribution in [0.2, 0.25) is 0 Å². The third kappa shape index (κ3) is 4.64. The average molecular weight is 358 g/mol. The molecule has 0 aliphatic carbocycles. The van der Waals surface area contributed by atoms with Crippen LogP contribution in [0.5, 0.6) is 5.75 Å². The quantitative estimate of drug-likeness (QED) is 0.433. The Morgan fingerprint density at radius 1 is 0.815 bits per heavy atom. The molecule has 0 atom stereocenters. The van der Waals surface area contributed by atoms with Crippen molar-refractivity contribution in [3.63, 3.8) is 0 Å². The van der Waals surface area contributed by atoms with E-state index in [1.54, 1.807) is 26.2 Å². The highest BCUT2D eigenvalue weighted by Gasteiger charge is 2.09. The summed E-state index contributed by atoms with van der Waals surface area (Å²) in [5.74, 6) is 0.525. The second kappa shape index (κ2) is 8.86. The van der Waals surface area contributed by atoms with E-state index >= 15 is 0 Å². The molecule has 0 amide bonds. The molecular formula is C24H22O3. The van der Waals surface area contributed by atoms with Crippen LogP contribution in [-0.2, 0) is 4.74 Å². The summed E-state index contributed by atoms with van der Waals surface area (Å²) in [6.07, 6.45) is 2.13. The van der Waals surface area contributed by atoms with Gasteiger partial charge in [-0.15, -0.1) is 0 Å². The Bertz CT molecular complexity index is 908. The molecule has 0 bridgehead atoms. The maximum Gasteiger partial charge on any atom is 0.338 e. The van der Waals surface area contributed by atoms with E-state index in [0.717, 1.165) is 28.0 Å². The molecule has 0 aliphatic heterocycles. The lowest BCUT2D eigenvalue weighted by atomic mass is 9.95. The van der Waals surface area contributed by atoms with Crippen LogP contribution in [0.15, 0.2) is 78.9 Å². The normalized spacial score (nSPS) is 11.1. The third-order valence-corrected chi connectivity index (χ3v) is 4.22. The predicted molar refractivity (Wildman–Crippen MR) is 109 cm³/mol. The Labute approximate surface area is 159 Å². The molecule has 27 heavy (non-hydrogen) atoms. The summed E-state index contributed by atoms with van der Waals surface area (Å²) in [6, 6.07) is 25.6. The molecule has 0 radical (unpaired) electrons. The average Bonchev–Trinajstić information content (AvgIpc) is 2.73. The largest absolute Gasteiger partial charge is 0.497 e. The van der Waals surface area contributed by atoms with Crippen molar-refractivity contribution < 1.29 is 14.3 Å². The number of rotatable bonds is 6. The zero-order valence-electron chi connectivity index (χ0n) is 15.5. The summed E-state index contributed by atoms with van der Waals surface area (Å²) in [5, 5.41) is 0. The van der Waals surface area contributed by atoms with Gasteiger partial charge in [0.15, 0.2) is 0 Å². The Morgan fingerprint density at radius 3 is 2.00 bits per heavy atom. The standard InChI is InChI=1S/C24H22O3/c1-3-27-24(25)21-13-11-20(12-14-21)23(19-7-5-4-6-8-19)17-18-9-15-22(26-2)16-10-18/h4-17H,3H2,1-2H3/b23-17+. The summed E-state index contributed by atoms with van der Waals surface area (Å²) >= 11 is 0. The minimum absolute atomic E-state index is 0.301. The van der Waals surface area contributed by atoms with Crippen molar-refractivity contribution in [3.05, 3.63) is 101 Å². The summed E-state index contributed by atoms with van der Waals surface area (Å²) < 4.78 is 10.3. The third-order valence-electron chi connectivity index (χ3n) is 4.22. The first-order valence-corrected chi connectivity index (χ1v) is 8.90. The lowest BCUT2D eigenvalue weighted by Crippen LogP contribution is -2.04. The van der Waals surface area contributed by atoms with Crippen LogP contribution in [0.4, 0.5) is 0 Å². The number of hydrogen-bond acceptors (Lipinski definition) is 3. The van der Waals surface area contributed by atoms with Gasteiger partial charge in [-0.2, -0.15) is 0 Å². The minimum atomic E-state index is -0.301. The Morgan fingerprint density at radius 2 is 1.41 bits per heavy atom. The number of benzene rings is 3. The number of carbonyl (C=O) groups is 1. The van der Waals surface area contributed by atoms with Gasteiger partial charge in [0.1, 0.15) is 5.75 Å². The molecule has 0 spiro atoms. The van der Waals surface area contributed by atoms with Crippen molar-refractivity contribution in [2.45, 2.75) is 6.92 Å². The second-order valence-corrected chi connectivity index (χ2v) is 6.00. The highest BCUT2D eigenvalue weighted by Crippen LogP contribution is 2.27. The molecule has 0 aliphatic rings. The number of esters is 1. The van der Waals surface area contributed by atoms with Crippen molar-refractivity contribution in [3.8, 4) is 5.75 Å². The van der Waals surface area contributed by atoms with Crippen LogP contribution in [0, 0.1) is 0 Å². The number of methoxy groups -OCH3 is 1. The lowest BCUT2D eigenvalue weighted by Gasteiger charge is -2.10. The molecule has 3 aromatic carbocycles. The predicted octanol–water partition coefficient (Wildman–Crippen LogP) is 5.46. The van der Waals surface area contributed by atoms with Crippen molar-refractivity contribution >= 4 is 17.6 Å². The van der Waals surface area contributed by atoms with E-state index in [-0.39, 0.29) is 5.97 Å². The first-order valence-electron chi connectivity index (χ1n) is 8.90. The Balaban J connectivity index is 2.00. The zero-order chi connectivity index (χ0) is 19.1. The van der Waals surface area contributed by atoms with Gasteiger partial charge >= 0.3 is 5.97 Å². The highest BCUT2D eigenvalue weighted by atomic mass is 16.5. The summed E-state index contributed by atoms with van der Waals surface area (Å²) in [5.41, 5.74) is 4.85. The van der Waals surface area contributed by atoms with Crippen LogP contribution >= 0.6 is 0 Å². The molecule has 0 fully saturated rings. The second-order valence-electron chi connectivity index (χ2n) is 6.00. The molecule has 0 aromatic heterocycles. The van der Waals surface area contributed by atoms with E-state index in [0.29, 0.717) is 12.2 Å². The molecule has 0 N–H and O–H groups in total. The SMILES string of the molecule is CCOC(=O)c1ccc(/C(=C/c2ccc(OC)cc2)c2ccccc2)cc1. The molecular weight excluding hydrogens is 336 g/mol. The van der Waals surface area contributed by atoms with Crippen LogP contribution in [0.25, 0.3) is 11.6 Å². The van der Waals surface area contributed by atoms with Crippen LogP contribution < -0.4 is 4.74 Å². The number of ether oxygens (including phenoxy) is 2. The van der Waals surface area contributed by atoms with Crippen LogP contribution in [0.1, 0.15) is 34.0 Å². The smallest absolute Gasteiger partial charge is 0.338 e. The molecule has 3 heteroatoms. The molecule has 136 valence electrons.